The molecule has 0 radical (unpaired) electrons. The second-order valence-electron chi connectivity index (χ2n) is 6.69. The lowest BCUT2D eigenvalue weighted by Gasteiger charge is -2.20. The van der Waals surface area contributed by atoms with Crippen LogP contribution in [0.5, 0.6) is 17.2 Å². The van der Waals surface area contributed by atoms with Gasteiger partial charge in [-0.3, -0.25) is 4.79 Å². The van der Waals surface area contributed by atoms with Crippen LogP contribution >= 0.6 is 0 Å². The largest absolute Gasteiger partial charge is 0.504 e. The van der Waals surface area contributed by atoms with Gasteiger partial charge >= 0.3 is 11.9 Å². The maximum Gasteiger partial charge on any atom is 0.338 e. The van der Waals surface area contributed by atoms with E-state index in [1.165, 1.54) is 19.1 Å². The molecule has 0 aliphatic heterocycles. The summed E-state index contributed by atoms with van der Waals surface area (Å²) in [6.45, 7) is 6.58. The number of carbonyl (C=O) groups excluding carboxylic acids is 2. The van der Waals surface area contributed by atoms with E-state index in [9.17, 15) is 14.7 Å². The van der Waals surface area contributed by atoms with Crippen LogP contribution in [0.15, 0.2) is 42.5 Å². The number of hydrogen-bond acceptors (Lipinski definition) is 6. The van der Waals surface area contributed by atoms with E-state index in [4.69, 9.17) is 14.2 Å². The van der Waals surface area contributed by atoms with E-state index in [-0.39, 0.29) is 29.4 Å². The first kappa shape index (κ1) is 19.3. The quantitative estimate of drug-likeness (QED) is 0.646. The van der Waals surface area contributed by atoms with E-state index in [1.54, 1.807) is 20.8 Å². The molecule has 2 aromatic carbocycles. The molecule has 0 saturated carbocycles. The summed E-state index contributed by atoms with van der Waals surface area (Å²) in [6.07, 6.45) is 0. The molecule has 2 aromatic rings. The van der Waals surface area contributed by atoms with E-state index in [0.717, 1.165) is 5.56 Å². The van der Waals surface area contributed by atoms with Crippen molar-refractivity contribution in [3.05, 3.63) is 53.6 Å². The van der Waals surface area contributed by atoms with Crippen LogP contribution in [0.2, 0.25) is 0 Å². The minimum atomic E-state index is -0.698. The topological polar surface area (TPSA) is 82.1 Å². The summed E-state index contributed by atoms with van der Waals surface area (Å²) in [5.74, 6) is -1.63. The van der Waals surface area contributed by atoms with Gasteiger partial charge in [0.05, 0.1) is 5.56 Å². The van der Waals surface area contributed by atoms with Crippen molar-refractivity contribution < 1.29 is 28.9 Å². The van der Waals surface area contributed by atoms with E-state index >= 15 is 0 Å². The molecular formula is C20H22O6. The molecule has 6 nitrogen and oxygen atoms in total. The summed E-state index contributed by atoms with van der Waals surface area (Å²) in [5, 5.41) is 10.3. The van der Waals surface area contributed by atoms with Gasteiger partial charge in [-0.15, -0.1) is 0 Å². The van der Waals surface area contributed by atoms with Crippen LogP contribution in [0, 0.1) is 0 Å². The zero-order valence-corrected chi connectivity index (χ0v) is 15.2. The van der Waals surface area contributed by atoms with E-state index in [1.807, 2.05) is 30.3 Å². The highest BCUT2D eigenvalue weighted by molar-refractivity contribution is 5.91. The Morgan fingerprint density at radius 2 is 1.73 bits per heavy atom. The SMILES string of the molecule is CC(=O)Oc1cc(C(=O)OC(C)(C)C)cc(O)c1OCc1ccccc1. The highest BCUT2D eigenvalue weighted by Crippen LogP contribution is 2.39. The summed E-state index contributed by atoms with van der Waals surface area (Å²) in [6, 6.07) is 11.8. The third-order valence-electron chi connectivity index (χ3n) is 3.15. The first-order chi connectivity index (χ1) is 12.2. The summed E-state index contributed by atoms with van der Waals surface area (Å²) in [7, 11) is 0. The Kier molecular flexibility index (Phi) is 5.87. The molecule has 0 bridgehead atoms. The van der Waals surface area contributed by atoms with Gasteiger partial charge in [-0.25, -0.2) is 4.79 Å². The number of phenolic OH excluding ortho intramolecular Hbond substituents is 1. The Morgan fingerprint density at radius 3 is 2.31 bits per heavy atom. The van der Waals surface area contributed by atoms with Gasteiger partial charge in [-0.1, -0.05) is 30.3 Å². The van der Waals surface area contributed by atoms with Gasteiger partial charge in [0, 0.05) is 6.92 Å². The number of rotatable bonds is 5. The standard InChI is InChI=1S/C20H22O6/c1-13(21)25-17-11-15(19(23)26-20(2,3)4)10-16(22)18(17)24-12-14-8-6-5-7-9-14/h5-11,22H,12H2,1-4H3. The molecule has 138 valence electrons. The number of benzene rings is 2. The Bertz CT molecular complexity index is 790. The molecule has 0 fully saturated rings. The second kappa shape index (κ2) is 7.91. The predicted octanol–water partition coefficient (Wildman–Crippen LogP) is 3.85. The summed E-state index contributed by atoms with van der Waals surface area (Å²) < 4.78 is 16.0. The zero-order chi connectivity index (χ0) is 19.3. The number of phenols is 1. The Morgan fingerprint density at radius 1 is 1.08 bits per heavy atom. The predicted molar refractivity (Wildman–Crippen MR) is 95.4 cm³/mol. The molecule has 0 saturated heterocycles. The zero-order valence-electron chi connectivity index (χ0n) is 15.2. The number of esters is 2. The van der Waals surface area contributed by atoms with Crippen molar-refractivity contribution in [2.45, 2.75) is 39.9 Å². The lowest BCUT2D eigenvalue weighted by Crippen LogP contribution is -2.24. The average molecular weight is 358 g/mol. The summed E-state index contributed by atoms with van der Waals surface area (Å²) in [4.78, 5) is 23.6. The molecule has 2 rings (SSSR count). The summed E-state index contributed by atoms with van der Waals surface area (Å²) in [5.41, 5.74) is 0.231. The van der Waals surface area contributed by atoms with Gasteiger partial charge in [-0.05, 0) is 38.5 Å². The Balaban J connectivity index is 2.31. The molecule has 1 N–H and O–H groups in total. The second-order valence-corrected chi connectivity index (χ2v) is 6.69. The minimum absolute atomic E-state index is 0.0173. The van der Waals surface area contributed by atoms with E-state index in [2.05, 4.69) is 0 Å². The molecule has 0 spiro atoms. The number of ether oxygens (including phenoxy) is 3. The minimum Gasteiger partial charge on any atom is -0.504 e. The molecule has 6 heteroatoms. The molecule has 0 unspecified atom stereocenters. The smallest absolute Gasteiger partial charge is 0.338 e. The maximum atomic E-state index is 12.2. The first-order valence-corrected chi connectivity index (χ1v) is 8.11. The fraction of sp³-hybridized carbons (Fsp3) is 0.300. The van der Waals surface area contributed by atoms with Crippen LogP contribution < -0.4 is 9.47 Å². The normalized spacial score (nSPS) is 10.9. The lowest BCUT2D eigenvalue weighted by atomic mass is 10.1. The van der Waals surface area contributed by atoms with Crippen molar-refractivity contribution in [2.24, 2.45) is 0 Å². The molecule has 0 atom stereocenters. The first-order valence-electron chi connectivity index (χ1n) is 8.11. The number of hydrogen-bond donors (Lipinski definition) is 1. The molecule has 0 amide bonds. The van der Waals surface area contributed by atoms with Gasteiger partial charge in [0.15, 0.2) is 11.5 Å². The number of carbonyl (C=O) groups is 2. The highest BCUT2D eigenvalue weighted by Gasteiger charge is 2.22. The van der Waals surface area contributed by atoms with Crippen LogP contribution in [0.4, 0.5) is 0 Å². The fourth-order valence-corrected chi connectivity index (χ4v) is 2.15. The lowest BCUT2D eigenvalue weighted by molar-refractivity contribution is -0.132. The molecule has 26 heavy (non-hydrogen) atoms. The van der Waals surface area contributed by atoms with Crippen LogP contribution in [0.1, 0.15) is 43.6 Å². The Hall–Kier alpha value is -3.02. The van der Waals surface area contributed by atoms with Gasteiger partial charge in [0.1, 0.15) is 12.2 Å². The van der Waals surface area contributed by atoms with Crippen LogP contribution in [-0.4, -0.2) is 22.6 Å². The van der Waals surface area contributed by atoms with E-state index < -0.39 is 17.5 Å². The van der Waals surface area contributed by atoms with Crippen LogP contribution in [0.25, 0.3) is 0 Å². The Labute approximate surface area is 152 Å². The molecule has 0 aliphatic carbocycles. The third-order valence-corrected chi connectivity index (χ3v) is 3.15. The van der Waals surface area contributed by atoms with Crippen LogP contribution in [-0.2, 0) is 16.1 Å². The van der Waals surface area contributed by atoms with Gasteiger partial charge in [-0.2, -0.15) is 0 Å². The van der Waals surface area contributed by atoms with E-state index in [0.29, 0.717) is 0 Å². The van der Waals surface area contributed by atoms with Gasteiger partial charge < -0.3 is 19.3 Å². The van der Waals surface area contributed by atoms with Crippen molar-refractivity contribution in [3.63, 3.8) is 0 Å². The third kappa shape index (κ3) is 5.51. The molecular weight excluding hydrogens is 336 g/mol. The summed E-state index contributed by atoms with van der Waals surface area (Å²) >= 11 is 0. The monoisotopic (exact) mass is 358 g/mol. The van der Waals surface area contributed by atoms with Crippen molar-refractivity contribution in [2.75, 3.05) is 0 Å². The number of aromatic hydroxyl groups is 1. The van der Waals surface area contributed by atoms with Crippen LogP contribution in [0.3, 0.4) is 0 Å². The van der Waals surface area contributed by atoms with Crippen molar-refractivity contribution in [1.29, 1.82) is 0 Å². The van der Waals surface area contributed by atoms with Gasteiger partial charge in [0.2, 0.25) is 5.75 Å². The van der Waals surface area contributed by atoms with Gasteiger partial charge in [0.25, 0.3) is 0 Å². The molecule has 0 heterocycles. The maximum absolute atomic E-state index is 12.2. The molecule has 0 aliphatic rings. The van der Waals surface area contributed by atoms with Crippen molar-refractivity contribution in [3.8, 4) is 17.2 Å². The highest BCUT2D eigenvalue weighted by atomic mass is 16.6. The van der Waals surface area contributed by atoms with Crippen molar-refractivity contribution in [1.82, 2.24) is 0 Å². The fourth-order valence-electron chi connectivity index (χ4n) is 2.15. The average Bonchev–Trinajstić information content (AvgIpc) is 2.52. The van der Waals surface area contributed by atoms with Crippen molar-refractivity contribution >= 4 is 11.9 Å². The molecule has 0 aromatic heterocycles.